The number of rotatable bonds is 6. The molecule has 1 unspecified atom stereocenters. The molecule has 2 heterocycles. The average molecular weight is 487 g/mol. The Morgan fingerprint density at radius 3 is 2.20 bits per heavy atom. The fraction of sp³-hybridized carbons (Fsp3) is 0.550. The Morgan fingerprint density at radius 2 is 1.60 bits per heavy atom. The molecule has 3 rings (SSSR count). The van der Waals surface area contributed by atoms with Crippen molar-refractivity contribution in [3.05, 3.63) is 30.3 Å². The quantitative estimate of drug-likeness (QED) is 0.317. The Balaban J connectivity index is 1.86. The van der Waals surface area contributed by atoms with Crippen LogP contribution in [0.1, 0.15) is 27.7 Å². The molecule has 2 aliphatic rings. The molecule has 0 spiro atoms. The topological polar surface area (TPSA) is 107 Å². The molecule has 2 fully saturated rings. The zero-order valence-electron chi connectivity index (χ0n) is 17.1. The average Bonchev–Trinajstić information content (AvgIpc) is 2.98. The van der Waals surface area contributed by atoms with E-state index >= 15 is 0 Å². The Bertz CT molecular complexity index is 786. The fourth-order valence-electron chi connectivity index (χ4n) is 3.33. The number of fused-ring (bicyclic) bond motifs is 1. The molecular formula is C20H24O9Se. The maximum absolute atomic E-state index is 11.8. The van der Waals surface area contributed by atoms with Crippen LogP contribution in [0.2, 0.25) is 0 Å². The van der Waals surface area contributed by atoms with Crippen molar-refractivity contribution in [2.24, 2.45) is 0 Å². The molecule has 6 atom stereocenters. The van der Waals surface area contributed by atoms with Crippen molar-refractivity contribution in [3.63, 3.8) is 0 Å². The number of carbonyl (C=O) groups excluding carboxylic acids is 3. The molecule has 0 aromatic heterocycles. The summed E-state index contributed by atoms with van der Waals surface area (Å²) in [6.07, 6.45) is -4.61. The van der Waals surface area contributed by atoms with Crippen LogP contribution in [0.5, 0.6) is 0 Å². The standard InChI is InChI=1S/C20H24O9Se/c1-11(21)24-10-15-16(25-12(2)22)17(26-13(3)23)18-19(27-15)29-20(4,28-18)30-14-8-6-5-7-9-14/h5-9,15-19H,10H2,1-4H3/t15-,16-,17+,18+,19+,20?/m1/s1. The van der Waals surface area contributed by atoms with E-state index < -0.39 is 53.3 Å². The first kappa shape index (κ1) is 22.7. The van der Waals surface area contributed by atoms with Crippen LogP contribution in [0.15, 0.2) is 30.3 Å². The summed E-state index contributed by atoms with van der Waals surface area (Å²) in [4.78, 5) is 34.8. The monoisotopic (exact) mass is 488 g/mol. The van der Waals surface area contributed by atoms with Gasteiger partial charge in [0.2, 0.25) is 0 Å². The summed E-state index contributed by atoms with van der Waals surface area (Å²) in [6, 6.07) is 9.70. The third-order valence-electron chi connectivity index (χ3n) is 4.37. The van der Waals surface area contributed by atoms with Gasteiger partial charge in [-0.25, -0.2) is 0 Å². The summed E-state index contributed by atoms with van der Waals surface area (Å²) in [5, 5.41) is 0. The molecule has 1 aromatic rings. The first-order chi connectivity index (χ1) is 14.2. The van der Waals surface area contributed by atoms with Crippen molar-refractivity contribution in [3.8, 4) is 0 Å². The fourth-order valence-corrected chi connectivity index (χ4v) is 5.48. The number of esters is 3. The van der Waals surface area contributed by atoms with E-state index in [0.717, 1.165) is 4.46 Å². The summed E-state index contributed by atoms with van der Waals surface area (Å²) in [7, 11) is 0. The van der Waals surface area contributed by atoms with Gasteiger partial charge < -0.3 is 0 Å². The van der Waals surface area contributed by atoms with Crippen LogP contribution in [-0.4, -0.2) is 74.9 Å². The van der Waals surface area contributed by atoms with Crippen molar-refractivity contribution >= 4 is 37.3 Å². The summed E-state index contributed by atoms with van der Waals surface area (Å²) < 4.78 is 34.1. The maximum atomic E-state index is 11.8. The number of hydrogen-bond acceptors (Lipinski definition) is 9. The second-order valence-electron chi connectivity index (χ2n) is 6.97. The first-order valence-electron chi connectivity index (χ1n) is 9.40. The summed E-state index contributed by atoms with van der Waals surface area (Å²) in [5.74, 6) is -1.69. The third kappa shape index (κ3) is 5.59. The van der Waals surface area contributed by atoms with Gasteiger partial charge in [0.05, 0.1) is 0 Å². The Labute approximate surface area is 180 Å². The Morgan fingerprint density at radius 1 is 0.967 bits per heavy atom. The molecule has 2 saturated heterocycles. The van der Waals surface area contributed by atoms with Gasteiger partial charge in [-0.3, -0.25) is 0 Å². The van der Waals surface area contributed by atoms with Crippen LogP contribution >= 0.6 is 0 Å². The van der Waals surface area contributed by atoms with Gasteiger partial charge in [-0.15, -0.1) is 0 Å². The van der Waals surface area contributed by atoms with Gasteiger partial charge in [-0.2, -0.15) is 0 Å². The van der Waals surface area contributed by atoms with Crippen molar-refractivity contribution < 1.29 is 42.8 Å². The van der Waals surface area contributed by atoms with Gasteiger partial charge in [0.1, 0.15) is 0 Å². The van der Waals surface area contributed by atoms with E-state index in [1.807, 2.05) is 30.3 Å². The van der Waals surface area contributed by atoms with E-state index in [2.05, 4.69) is 0 Å². The van der Waals surface area contributed by atoms with Gasteiger partial charge >= 0.3 is 180 Å². The van der Waals surface area contributed by atoms with E-state index in [9.17, 15) is 14.4 Å². The van der Waals surface area contributed by atoms with E-state index in [4.69, 9.17) is 28.4 Å². The van der Waals surface area contributed by atoms with Crippen LogP contribution < -0.4 is 4.46 Å². The molecule has 0 amide bonds. The van der Waals surface area contributed by atoms with E-state index in [1.54, 1.807) is 6.92 Å². The zero-order valence-corrected chi connectivity index (χ0v) is 18.8. The Kier molecular flexibility index (Phi) is 7.15. The van der Waals surface area contributed by atoms with Crippen molar-refractivity contribution in [2.75, 3.05) is 6.61 Å². The van der Waals surface area contributed by atoms with Gasteiger partial charge in [-0.1, -0.05) is 0 Å². The molecule has 9 nitrogen and oxygen atoms in total. The molecule has 164 valence electrons. The number of carbonyl (C=O) groups is 3. The Hall–Kier alpha value is -1.97. The number of hydrogen-bond donors (Lipinski definition) is 0. The second kappa shape index (κ2) is 9.45. The van der Waals surface area contributed by atoms with E-state index in [0.29, 0.717) is 0 Å². The molecule has 30 heavy (non-hydrogen) atoms. The van der Waals surface area contributed by atoms with Crippen molar-refractivity contribution in [1.82, 2.24) is 0 Å². The molecule has 0 aliphatic carbocycles. The van der Waals surface area contributed by atoms with Crippen LogP contribution in [-0.2, 0) is 42.8 Å². The summed E-state index contributed by atoms with van der Waals surface area (Å²) >= 11 is -0.252. The number of ether oxygens (including phenoxy) is 6. The van der Waals surface area contributed by atoms with Crippen molar-refractivity contribution in [2.45, 2.75) is 63.1 Å². The minimum absolute atomic E-state index is 0.196. The zero-order chi connectivity index (χ0) is 21.9. The van der Waals surface area contributed by atoms with Gasteiger partial charge in [0.25, 0.3) is 0 Å². The SMILES string of the molecule is CC(=O)OC[C@H]1O[C@H]2OC(C)([Se]c3ccccc3)O[C@H]2[C@@H](OC(C)=O)[C@@H]1OC(C)=O. The van der Waals surface area contributed by atoms with E-state index in [-0.39, 0.29) is 21.6 Å². The van der Waals surface area contributed by atoms with Crippen LogP contribution in [0.25, 0.3) is 0 Å². The molecule has 10 heteroatoms. The van der Waals surface area contributed by atoms with Crippen LogP contribution in [0.3, 0.4) is 0 Å². The minimum atomic E-state index is -1.03. The molecule has 0 N–H and O–H groups in total. The predicted molar refractivity (Wildman–Crippen MR) is 103 cm³/mol. The molecule has 0 saturated carbocycles. The molecule has 1 aromatic carbocycles. The predicted octanol–water partition coefficient (Wildman–Crippen LogP) is 0.257. The molecule has 0 bridgehead atoms. The van der Waals surface area contributed by atoms with Crippen molar-refractivity contribution in [1.29, 1.82) is 0 Å². The molecule has 0 radical (unpaired) electrons. The number of benzene rings is 1. The van der Waals surface area contributed by atoms with E-state index in [1.165, 1.54) is 20.8 Å². The third-order valence-corrected chi connectivity index (χ3v) is 6.62. The van der Waals surface area contributed by atoms with Crippen LogP contribution in [0, 0.1) is 0 Å². The summed E-state index contributed by atoms with van der Waals surface area (Å²) in [5.41, 5.74) is 0. The summed E-state index contributed by atoms with van der Waals surface area (Å²) in [6.45, 7) is 5.32. The van der Waals surface area contributed by atoms with Gasteiger partial charge in [0.15, 0.2) is 0 Å². The van der Waals surface area contributed by atoms with Crippen LogP contribution in [0.4, 0.5) is 0 Å². The normalized spacial score (nSPS) is 32.7. The first-order valence-corrected chi connectivity index (χ1v) is 11.1. The molecule has 2 aliphatic heterocycles. The van der Waals surface area contributed by atoms with Gasteiger partial charge in [-0.05, 0) is 0 Å². The van der Waals surface area contributed by atoms with Gasteiger partial charge in [0, 0.05) is 0 Å². The second-order valence-corrected chi connectivity index (χ2v) is 9.94. The molecular weight excluding hydrogens is 463 g/mol.